The van der Waals surface area contributed by atoms with Crippen LogP contribution in [0.1, 0.15) is 33.2 Å². The van der Waals surface area contributed by atoms with E-state index in [9.17, 15) is 9.90 Å². The molecule has 0 aliphatic carbocycles. The molecule has 4 heteroatoms. The lowest BCUT2D eigenvalue weighted by Gasteiger charge is -2.12. The zero-order chi connectivity index (χ0) is 13.8. The van der Waals surface area contributed by atoms with Gasteiger partial charge < -0.3 is 10.4 Å². The molecule has 0 aliphatic rings. The second-order valence-electron chi connectivity index (χ2n) is 4.60. The maximum absolute atomic E-state index is 12.1. The molecule has 0 saturated heterocycles. The van der Waals surface area contributed by atoms with Gasteiger partial charge in [0.25, 0.3) is 5.91 Å². The topological polar surface area (TPSA) is 49.3 Å². The van der Waals surface area contributed by atoms with Crippen molar-refractivity contribution >= 4 is 17.2 Å². The third-order valence-electron chi connectivity index (χ3n) is 3.02. The Hall–Kier alpha value is -1.65. The quantitative estimate of drug-likeness (QED) is 0.901. The Bertz CT molecular complexity index is 564. The smallest absolute Gasteiger partial charge is 0.251 e. The molecule has 100 valence electrons. The molecule has 0 radical (unpaired) electrons. The van der Waals surface area contributed by atoms with Gasteiger partial charge in [-0.2, -0.15) is 11.3 Å². The van der Waals surface area contributed by atoms with E-state index in [1.807, 2.05) is 48.9 Å². The fourth-order valence-corrected chi connectivity index (χ4v) is 2.55. The number of carbonyl (C=O) groups is 1. The molecule has 2 rings (SSSR count). The molecule has 3 nitrogen and oxygen atoms in total. The highest BCUT2D eigenvalue weighted by molar-refractivity contribution is 7.07. The van der Waals surface area contributed by atoms with Crippen molar-refractivity contribution < 1.29 is 9.90 Å². The van der Waals surface area contributed by atoms with Crippen molar-refractivity contribution in [3.8, 4) is 0 Å². The Kier molecular flexibility index (Phi) is 4.35. The van der Waals surface area contributed by atoms with Crippen molar-refractivity contribution in [3.63, 3.8) is 0 Å². The van der Waals surface area contributed by atoms with Crippen LogP contribution < -0.4 is 5.32 Å². The molecule has 19 heavy (non-hydrogen) atoms. The number of hydrogen-bond acceptors (Lipinski definition) is 3. The fourth-order valence-electron chi connectivity index (χ4n) is 1.85. The minimum atomic E-state index is -0.652. The maximum Gasteiger partial charge on any atom is 0.251 e. The molecule has 1 aromatic heterocycles. The van der Waals surface area contributed by atoms with Gasteiger partial charge in [0.1, 0.15) is 0 Å². The van der Waals surface area contributed by atoms with Gasteiger partial charge in [0.05, 0.1) is 6.10 Å². The number of thiophene rings is 1. The SMILES string of the molecule is Cc1ccc(C)c(C(=O)NCC(O)c2ccsc2)c1. The van der Waals surface area contributed by atoms with Gasteiger partial charge in [0.2, 0.25) is 0 Å². The van der Waals surface area contributed by atoms with Crippen LogP contribution in [0, 0.1) is 13.8 Å². The Morgan fingerprint density at radius 1 is 1.37 bits per heavy atom. The molecular weight excluding hydrogens is 258 g/mol. The van der Waals surface area contributed by atoms with Crippen LogP contribution in [0.25, 0.3) is 0 Å². The molecule has 1 aromatic carbocycles. The third-order valence-corrected chi connectivity index (χ3v) is 3.72. The molecule has 1 heterocycles. The molecule has 0 fully saturated rings. The summed E-state index contributed by atoms with van der Waals surface area (Å²) in [7, 11) is 0. The van der Waals surface area contributed by atoms with Gasteiger partial charge in [-0.1, -0.05) is 17.7 Å². The van der Waals surface area contributed by atoms with E-state index in [0.717, 1.165) is 16.7 Å². The van der Waals surface area contributed by atoms with Gasteiger partial charge in [-0.15, -0.1) is 0 Å². The highest BCUT2D eigenvalue weighted by Gasteiger charge is 2.12. The van der Waals surface area contributed by atoms with Gasteiger partial charge >= 0.3 is 0 Å². The Balaban J connectivity index is 2.00. The van der Waals surface area contributed by atoms with E-state index in [1.54, 1.807) is 0 Å². The van der Waals surface area contributed by atoms with Crippen LogP contribution in [0.4, 0.5) is 0 Å². The van der Waals surface area contributed by atoms with Crippen molar-refractivity contribution in [1.29, 1.82) is 0 Å². The van der Waals surface area contributed by atoms with Crippen LogP contribution in [-0.4, -0.2) is 17.6 Å². The first-order chi connectivity index (χ1) is 9.08. The Morgan fingerprint density at radius 3 is 2.84 bits per heavy atom. The second-order valence-corrected chi connectivity index (χ2v) is 5.38. The lowest BCUT2D eigenvalue weighted by molar-refractivity contribution is 0.0916. The number of aliphatic hydroxyl groups excluding tert-OH is 1. The zero-order valence-electron chi connectivity index (χ0n) is 11.0. The number of aryl methyl sites for hydroxylation is 2. The fraction of sp³-hybridized carbons (Fsp3) is 0.267. The average Bonchev–Trinajstić information content (AvgIpc) is 2.92. The summed E-state index contributed by atoms with van der Waals surface area (Å²) in [4.78, 5) is 12.1. The number of amides is 1. The summed E-state index contributed by atoms with van der Waals surface area (Å²) in [6, 6.07) is 7.63. The summed E-state index contributed by atoms with van der Waals surface area (Å²) >= 11 is 1.53. The van der Waals surface area contributed by atoms with Crippen molar-refractivity contribution in [2.75, 3.05) is 6.54 Å². The summed E-state index contributed by atoms with van der Waals surface area (Å²) in [5.41, 5.74) is 3.49. The summed E-state index contributed by atoms with van der Waals surface area (Å²) in [6.45, 7) is 4.09. The van der Waals surface area contributed by atoms with Crippen molar-refractivity contribution in [3.05, 3.63) is 57.3 Å². The van der Waals surface area contributed by atoms with Crippen LogP contribution >= 0.6 is 11.3 Å². The van der Waals surface area contributed by atoms with Gasteiger partial charge in [-0.05, 0) is 47.9 Å². The average molecular weight is 275 g/mol. The van der Waals surface area contributed by atoms with Gasteiger partial charge in [-0.25, -0.2) is 0 Å². The van der Waals surface area contributed by atoms with Gasteiger partial charge in [0, 0.05) is 12.1 Å². The molecular formula is C15H17NO2S. The first-order valence-corrected chi connectivity index (χ1v) is 7.08. The monoisotopic (exact) mass is 275 g/mol. The summed E-state index contributed by atoms with van der Waals surface area (Å²) in [5, 5.41) is 16.5. The van der Waals surface area contributed by atoms with E-state index in [0.29, 0.717) is 5.56 Å². The van der Waals surface area contributed by atoms with E-state index in [2.05, 4.69) is 5.32 Å². The lowest BCUT2D eigenvalue weighted by Crippen LogP contribution is -2.28. The number of rotatable bonds is 4. The number of hydrogen-bond donors (Lipinski definition) is 2. The molecule has 2 aromatic rings. The van der Waals surface area contributed by atoms with Gasteiger partial charge in [0.15, 0.2) is 0 Å². The molecule has 1 amide bonds. The van der Waals surface area contributed by atoms with E-state index in [4.69, 9.17) is 0 Å². The maximum atomic E-state index is 12.1. The molecule has 1 atom stereocenters. The standard InChI is InChI=1S/C15H17NO2S/c1-10-3-4-11(2)13(7-10)15(18)16-8-14(17)12-5-6-19-9-12/h3-7,9,14,17H,8H2,1-2H3,(H,16,18). The molecule has 2 N–H and O–H groups in total. The number of benzene rings is 1. The minimum absolute atomic E-state index is 0.143. The highest BCUT2D eigenvalue weighted by atomic mass is 32.1. The third kappa shape index (κ3) is 3.43. The molecule has 1 unspecified atom stereocenters. The van der Waals surface area contributed by atoms with Crippen LogP contribution in [0.5, 0.6) is 0 Å². The van der Waals surface area contributed by atoms with Crippen LogP contribution in [0.2, 0.25) is 0 Å². The van der Waals surface area contributed by atoms with Crippen molar-refractivity contribution in [2.45, 2.75) is 20.0 Å². The van der Waals surface area contributed by atoms with Gasteiger partial charge in [-0.3, -0.25) is 4.79 Å². The van der Waals surface area contributed by atoms with Crippen molar-refractivity contribution in [1.82, 2.24) is 5.32 Å². The number of carbonyl (C=O) groups excluding carboxylic acids is 1. The first-order valence-electron chi connectivity index (χ1n) is 6.13. The minimum Gasteiger partial charge on any atom is -0.387 e. The normalized spacial score (nSPS) is 12.2. The molecule has 0 saturated carbocycles. The highest BCUT2D eigenvalue weighted by Crippen LogP contribution is 2.16. The molecule has 0 aliphatic heterocycles. The largest absolute Gasteiger partial charge is 0.387 e. The summed E-state index contributed by atoms with van der Waals surface area (Å²) in [6.07, 6.45) is -0.652. The summed E-state index contributed by atoms with van der Waals surface area (Å²) in [5.74, 6) is -0.143. The second kappa shape index (κ2) is 5.99. The van der Waals surface area contributed by atoms with Crippen molar-refractivity contribution in [2.24, 2.45) is 0 Å². The lowest BCUT2D eigenvalue weighted by atomic mass is 10.0. The first kappa shape index (κ1) is 13.8. The number of aliphatic hydroxyl groups is 1. The van der Waals surface area contributed by atoms with E-state index in [-0.39, 0.29) is 12.5 Å². The number of nitrogens with one attached hydrogen (secondary N) is 1. The predicted molar refractivity (Wildman–Crippen MR) is 77.5 cm³/mol. The molecule has 0 spiro atoms. The van der Waals surface area contributed by atoms with E-state index >= 15 is 0 Å². The Labute approximate surface area is 116 Å². The van der Waals surface area contributed by atoms with Crippen LogP contribution in [0.15, 0.2) is 35.0 Å². The van der Waals surface area contributed by atoms with E-state index < -0.39 is 6.10 Å². The van der Waals surface area contributed by atoms with E-state index in [1.165, 1.54) is 11.3 Å². The Morgan fingerprint density at radius 2 is 2.16 bits per heavy atom. The zero-order valence-corrected chi connectivity index (χ0v) is 11.8. The summed E-state index contributed by atoms with van der Waals surface area (Å²) < 4.78 is 0. The predicted octanol–water partition coefficient (Wildman–Crippen LogP) is 2.83. The molecule has 0 bridgehead atoms. The van der Waals surface area contributed by atoms with Crippen LogP contribution in [-0.2, 0) is 0 Å². The van der Waals surface area contributed by atoms with Crippen LogP contribution in [0.3, 0.4) is 0 Å².